The van der Waals surface area contributed by atoms with Crippen molar-refractivity contribution in [2.45, 2.75) is 37.8 Å². The zero-order chi connectivity index (χ0) is 14.0. The lowest BCUT2D eigenvalue weighted by molar-refractivity contribution is 0.0340. The number of hydrogen-bond acceptors (Lipinski definition) is 4. The van der Waals surface area contributed by atoms with E-state index in [9.17, 15) is 9.90 Å². The van der Waals surface area contributed by atoms with Crippen LogP contribution in [-0.4, -0.2) is 51.8 Å². The average Bonchev–Trinajstić information content (AvgIpc) is 2.93. The van der Waals surface area contributed by atoms with Gasteiger partial charge in [-0.15, -0.1) is 0 Å². The summed E-state index contributed by atoms with van der Waals surface area (Å²) >= 11 is 3.37. The summed E-state index contributed by atoms with van der Waals surface area (Å²) in [5, 5.41) is 14.7. The van der Waals surface area contributed by atoms with Crippen LogP contribution in [0.5, 0.6) is 0 Å². The zero-order valence-electron chi connectivity index (χ0n) is 11.4. The van der Waals surface area contributed by atoms with Gasteiger partial charge in [0.05, 0.1) is 17.2 Å². The zero-order valence-corrected chi connectivity index (χ0v) is 13.0. The Morgan fingerprint density at radius 3 is 2.74 bits per heavy atom. The van der Waals surface area contributed by atoms with E-state index in [4.69, 9.17) is 0 Å². The van der Waals surface area contributed by atoms with E-state index in [2.05, 4.69) is 21.0 Å². The number of hydrogen-bond donors (Lipinski definition) is 1. The van der Waals surface area contributed by atoms with E-state index >= 15 is 0 Å². The van der Waals surface area contributed by atoms with Crippen LogP contribution in [0.3, 0.4) is 0 Å². The molecule has 6 heteroatoms. The summed E-state index contributed by atoms with van der Waals surface area (Å²) in [7, 11) is 3.95. The fourth-order valence-electron chi connectivity index (χ4n) is 2.46. The number of aromatic nitrogens is 2. The van der Waals surface area contributed by atoms with E-state index in [0.717, 1.165) is 19.4 Å². The number of aliphatic hydroxyl groups is 1. The predicted octanol–water partition coefficient (Wildman–Crippen LogP) is 1.69. The molecule has 106 valence electrons. The Bertz CT molecular complexity index is 464. The van der Waals surface area contributed by atoms with E-state index in [1.165, 1.54) is 0 Å². The molecule has 1 aliphatic carbocycles. The normalized spacial score (nSPS) is 18.2. The molecule has 1 saturated carbocycles. The topological polar surface area (TPSA) is 58.4 Å². The second-order valence-electron chi connectivity index (χ2n) is 5.44. The van der Waals surface area contributed by atoms with Gasteiger partial charge in [-0.3, -0.25) is 9.48 Å². The molecule has 0 unspecified atom stereocenters. The number of rotatable bonds is 5. The highest BCUT2D eigenvalue weighted by Crippen LogP contribution is 2.34. The van der Waals surface area contributed by atoms with Gasteiger partial charge in [-0.25, -0.2) is 0 Å². The van der Waals surface area contributed by atoms with E-state index in [-0.39, 0.29) is 5.78 Å². The number of Topliss-reactive ketones (excluding diaryl/α,β-unsaturated/α-hetero) is 1. The molecule has 0 amide bonds. The van der Waals surface area contributed by atoms with Crippen molar-refractivity contribution >= 4 is 21.7 Å². The molecular weight excluding hydrogens is 310 g/mol. The van der Waals surface area contributed by atoms with Crippen molar-refractivity contribution in [1.82, 2.24) is 14.7 Å². The van der Waals surface area contributed by atoms with Crippen molar-refractivity contribution in [2.24, 2.45) is 0 Å². The lowest BCUT2D eigenvalue weighted by atomic mass is 9.94. The quantitative estimate of drug-likeness (QED) is 0.835. The standard InChI is InChI=1S/C13H20BrN3O2/c1-16(2)7-8-17-11(10(14)9-15-17)12(18)13(19)5-3-4-6-13/h9,19H,3-8H2,1-2H3. The molecule has 1 aromatic rings. The molecule has 0 radical (unpaired) electrons. The molecule has 5 nitrogen and oxygen atoms in total. The number of carbonyl (C=O) groups excluding carboxylic acids is 1. The molecular formula is C13H20BrN3O2. The SMILES string of the molecule is CN(C)CCn1ncc(Br)c1C(=O)C1(O)CCCC1. The Morgan fingerprint density at radius 1 is 1.53 bits per heavy atom. The minimum atomic E-state index is -1.20. The van der Waals surface area contributed by atoms with Gasteiger partial charge in [0, 0.05) is 6.54 Å². The average molecular weight is 330 g/mol. The van der Waals surface area contributed by atoms with Gasteiger partial charge in [-0.05, 0) is 55.7 Å². The number of nitrogens with zero attached hydrogens (tertiary/aromatic N) is 3. The van der Waals surface area contributed by atoms with Gasteiger partial charge in [-0.2, -0.15) is 5.10 Å². The largest absolute Gasteiger partial charge is 0.382 e. The molecule has 1 heterocycles. The van der Waals surface area contributed by atoms with Crippen molar-refractivity contribution in [3.8, 4) is 0 Å². The summed E-state index contributed by atoms with van der Waals surface area (Å²) in [5.41, 5.74) is -0.704. The molecule has 0 spiro atoms. The summed E-state index contributed by atoms with van der Waals surface area (Å²) in [4.78, 5) is 14.6. The Kier molecular flexibility index (Phi) is 4.43. The van der Waals surface area contributed by atoms with Gasteiger partial charge in [0.1, 0.15) is 11.3 Å². The van der Waals surface area contributed by atoms with Gasteiger partial charge in [0.15, 0.2) is 0 Å². The van der Waals surface area contributed by atoms with Crippen LogP contribution in [-0.2, 0) is 6.54 Å². The second kappa shape index (κ2) is 5.73. The Hall–Kier alpha value is -0.720. The van der Waals surface area contributed by atoms with Crippen LogP contribution in [0.1, 0.15) is 36.2 Å². The smallest absolute Gasteiger partial charge is 0.213 e. The summed E-state index contributed by atoms with van der Waals surface area (Å²) in [5.74, 6) is -0.201. The molecule has 2 rings (SSSR count). The van der Waals surface area contributed by atoms with Gasteiger partial charge in [0.25, 0.3) is 0 Å². The molecule has 0 aliphatic heterocycles. The van der Waals surface area contributed by atoms with Crippen LogP contribution in [0.15, 0.2) is 10.7 Å². The van der Waals surface area contributed by atoms with Gasteiger partial charge in [0.2, 0.25) is 5.78 Å². The first-order valence-corrected chi connectivity index (χ1v) is 7.36. The van der Waals surface area contributed by atoms with Crippen molar-refractivity contribution in [3.05, 3.63) is 16.4 Å². The molecule has 1 fully saturated rings. The second-order valence-corrected chi connectivity index (χ2v) is 6.29. The van der Waals surface area contributed by atoms with E-state index in [0.29, 0.717) is 29.6 Å². The predicted molar refractivity (Wildman–Crippen MR) is 76.2 cm³/mol. The molecule has 0 aromatic carbocycles. The summed E-state index contributed by atoms with van der Waals surface area (Å²) in [6, 6.07) is 0. The monoisotopic (exact) mass is 329 g/mol. The molecule has 0 atom stereocenters. The minimum absolute atomic E-state index is 0.201. The first-order chi connectivity index (χ1) is 8.94. The van der Waals surface area contributed by atoms with Gasteiger partial charge in [-0.1, -0.05) is 0 Å². The lowest BCUT2D eigenvalue weighted by Crippen LogP contribution is -2.37. The highest BCUT2D eigenvalue weighted by molar-refractivity contribution is 9.10. The third-order valence-corrected chi connectivity index (χ3v) is 4.20. The summed E-state index contributed by atoms with van der Waals surface area (Å²) < 4.78 is 2.35. The van der Waals surface area contributed by atoms with Gasteiger partial charge < -0.3 is 10.0 Å². The molecule has 1 aliphatic rings. The first-order valence-electron chi connectivity index (χ1n) is 6.57. The van der Waals surface area contributed by atoms with Crippen molar-refractivity contribution in [1.29, 1.82) is 0 Å². The van der Waals surface area contributed by atoms with E-state index in [1.54, 1.807) is 10.9 Å². The Labute approximate surface area is 121 Å². The maximum atomic E-state index is 12.6. The maximum Gasteiger partial charge on any atom is 0.213 e. The Morgan fingerprint density at radius 2 is 2.16 bits per heavy atom. The first kappa shape index (κ1) is 14.7. The lowest BCUT2D eigenvalue weighted by Gasteiger charge is -2.21. The Balaban J connectivity index is 2.23. The van der Waals surface area contributed by atoms with E-state index in [1.807, 2.05) is 19.0 Å². The fourth-order valence-corrected chi connectivity index (χ4v) is 2.94. The van der Waals surface area contributed by atoms with Crippen LogP contribution < -0.4 is 0 Å². The number of likely N-dealkylation sites (N-methyl/N-ethyl adjacent to an activating group) is 1. The maximum absolute atomic E-state index is 12.6. The van der Waals surface area contributed by atoms with Crippen molar-refractivity contribution in [2.75, 3.05) is 20.6 Å². The third-order valence-electron chi connectivity index (χ3n) is 3.62. The molecule has 1 N–H and O–H groups in total. The van der Waals surface area contributed by atoms with Crippen LogP contribution in [0, 0.1) is 0 Å². The van der Waals surface area contributed by atoms with Crippen molar-refractivity contribution < 1.29 is 9.90 Å². The van der Waals surface area contributed by atoms with Crippen LogP contribution in [0.25, 0.3) is 0 Å². The van der Waals surface area contributed by atoms with Crippen LogP contribution >= 0.6 is 15.9 Å². The fraction of sp³-hybridized carbons (Fsp3) is 0.692. The molecule has 0 bridgehead atoms. The number of carbonyl (C=O) groups is 1. The highest BCUT2D eigenvalue weighted by Gasteiger charge is 2.41. The highest BCUT2D eigenvalue weighted by atomic mass is 79.9. The third kappa shape index (κ3) is 3.07. The summed E-state index contributed by atoms with van der Waals surface area (Å²) in [6.07, 6.45) is 4.55. The number of halogens is 1. The molecule has 1 aromatic heterocycles. The van der Waals surface area contributed by atoms with Crippen molar-refractivity contribution in [3.63, 3.8) is 0 Å². The number of ketones is 1. The molecule has 19 heavy (non-hydrogen) atoms. The van der Waals surface area contributed by atoms with Crippen LogP contribution in [0.2, 0.25) is 0 Å². The van der Waals surface area contributed by atoms with Crippen LogP contribution in [0.4, 0.5) is 0 Å². The minimum Gasteiger partial charge on any atom is -0.382 e. The van der Waals surface area contributed by atoms with Gasteiger partial charge >= 0.3 is 0 Å². The summed E-state index contributed by atoms with van der Waals surface area (Å²) in [6.45, 7) is 1.43. The van der Waals surface area contributed by atoms with E-state index < -0.39 is 5.60 Å². The molecule has 0 saturated heterocycles.